The Morgan fingerprint density at radius 1 is 0.700 bits per heavy atom. The number of unbranched alkanes of at least 4 members (excludes halogenated alkanes) is 5. The van der Waals surface area contributed by atoms with Crippen molar-refractivity contribution in [3.8, 4) is 5.75 Å². The van der Waals surface area contributed by atoms with Crippen LogP contribution in [-0.4, -0.2) is 151 Å². The van der Waals surface area contributed by atoms with Crippen LogP contribution in [-0.2, 0) is 38.4 Å². The number of carbonyl (C=O) groups excluding carboxylic acids is 9. The summed E-state index contributed by atoms with van der Waals surface area (Å²) in [7, 11) is 5.27. The maximum atomic E-state index is 14.4. The summed E-state index contributed by atoms with van der Waals surface area (Å²) < 4.78 is 10.7. The number of amides is 9. The molecule has 5 atom stereocenters. The van der Waals surface area contributed by atoms with E-state index >= 15 is 0 Å². The van der Waals surface area contributed by atoms with Crippen LogP contribution in [0.3, 0.4) is 0 Å². The van der Waals surface area contributed by atoms with E-state index < -0.39 is 93.7 Å². The number of nitrogens with one attached hydrogen (secondary N) is 8. The summed E-state index contributed by atoms with van der Waals surface area (Å²) in [5, 5.41) is 22.7. The lowest BCUT2D eigenvalue weighted by Crippen LogP contribution is -2.66. The number of ether oxygens (including phenoxy) is 1. The molecule has 22 heteroatoms. The summed E-state index contributed by atoms with van der Waals surface area (Å²) in [6, 6.07) is 1.74. The predicted molar refractivity (Wildman–Crippen MR) is 306 cm³/mol. The van der Waals surface area contributed by atoms with Gasteiger partial charge >= 0.3 is 5.63 Å². The van der Waals surface area contributed by atoms with E-state index in [-0.39, 0.29) is 80.1 Å². The summed E-state index contributed by atoms with van der Waals surface area (Å²) in [6.45, 7) is 21.1. The smallest absolute Gasteiger partial charge is 0.349 e. The minimum atomic E-state index is -1.65. The van der Waals surface area contributed by atoms with Crippen molar-refractivity contribution in [1.82, 2.24) is 52.3 Å². The highest BCUT2D eigenvalue weighted by molar-refractivity contribution is 6.02. The third kappa shape index (κ3) is 21.1. The van der Waals surface area contributed by atoms with Crippen LogP contribution in [0.25, 0.3) is 11.0 Å². The average Bonchev–Trinajstić information content (AvgIpc) is 3.85. The highest BCUT2D eigenvalue weighted by Crippen LogP contribution is 2.24. The van der Waals surface area contributed by atoms with Crippen molar-refractivity contribution in [3.05, 3.63) is 40.2 Å². The number of nitrogens with zero attached hydrogens (tertiary/aromatic N) is 2. The Hall–Kier alpha value is -6.58. The van der Waals surface area contributed by atoms with E-state index in [2.05, 4.69) is 49.5 Å². The molecule has 1 saturated heterocycles. The fourth-order valence-corrected chi connectivity index (χ4v) is 9.34. The highest BCUT2D eigenvalue weighted by Gasteiger charge is 2.42. The number of carbonyl (C=O) groups is 9. The topological polar surface area (TPSA) is 296 Å². The fourth-order valence-electron chi connectivity index (χ4n) is 9.34. The number of hydrogen-bond donors (Lipinski definition) is 8. The normalized spacial score (nSPS) is 15.4. The molecule has 0 saturated carbocycles. The third-order valence-electron chi connectivity index (χ3n) is 13.8. The van der Waals surface area contributed by atoms with Crippen LogP contribution in [0.15, 0.2) is 33.5 Å². The number of rotatable bonds is 32. The van der Waals surface area contributed by atoms with Crippen LogP contribution in [0.5, 0.6) is 5.75 Å². The van der Waals surface area contributed by atoms with E-state index in [9.17, 15) is 47.9 Å². The molecule has 4 unspecified atom stereocenters. The van der Waals surface area contributed by atoms with Gasteiger partial charge in [0.2, 0.25) is 47.3 Å². The second kappa shape index (κ2) is 30.9. The summed E-state index contributed by atoms with van der Waals surface area (Å²) in [5.74, 6) is -5.28. The van der Waals surface area contributed by atoms with Crippen molar-refractivity contribution < 1.29 is 52.3 Å². The molecule has 1 aromatic heterocycles. The molecule has 1 fully saturated rings. The molecule has 1 aliphatic heterocycles. The lowest BCUT2D eigenvalue weighted by molar-refractivity contribution is -0.139. The van der Waals surface area contributed by atoms with Crippen LogP contribution in [0.4, 0.5) is 0 Å². The van der Waals surface area contributed by atoms with E-state index in [4.69, 9.17) is 9.15 Å². The van der Waals surface area contributed by atoms with Gasteiger partial charge in [0.15, 0.2) is 0 Å². The van der Waals surface area contributed by atoms with Gasteiger partial charge in [0.25, 0.3) is 5.91 Å². The summed E-state index contributed by atoms with van der Waals surface area (Å²) in [5.41, 5.74) is -5.57. The Bertz CT molecular complexity index is 2540. The average molecular weight is 1120 g/mol. The zero-order valence-corrected chi connectivity index (χ0v) is 50.3. The number of methoxy groups -OCH3 is 1. The van der Waals surface area contributed by atoms with Gasteiger partial charge in [-0.25, -0.2) is 4.79 Å². The molecule has 22 nitrogen and oxygen atoms in total. The number of fused-ring (bicyclic) bond motifs is 1. The molecule has 3 rings (SSSR count). The SMILES string of the molecule is CCCCCCCCC(NC(=O)[C@@H]1CCCN1C(=O)c1cc2ccc(OC)cc2oc1=O)C(=O)NC(CC(C)C)C(=O)NC(C)(C)C(=O)NC(CC(C)C)C(=O)NC(C)(C)C(=O)NC(C)(C)C(=O)NCCC(=O)NC(C)CN(C)C. The van der Waals surface area contributed by atoms with E-state index in [0.29, 0.717) is 30.5 Å². The van der Waals surface area contributed by atoms with Crippen LogP contribution in [0.1, 0.15) is 170 Å². The summed E-state index contributed by atoms with van der Waals surface area (Å²) in [4.78, 5) is 141. The standard InChI is InChI=1S/C58H94N10O12/c1-16-17-18-19-20-21-23-41(61-50(73)44-24-22-29-68(44)51(74)40-32-38-25-26-39(79-15)33-45(38)80-52(40)75)47(70)62-42(30-35(2)3)48(71)64-57(9,10)54(77)63-43(31-36(4)5)49(72)65-58(11,12)55(78)66-56(7,8)53(76)59-28-27-46(69)60-37(6)34-67(13)14/h25-26,32-33,35-37,41-44H,16-24,27-31,34H2,1-15H3,(H,59,76)(H,60,69)(H,61,73)(H,62,70)(H,63,77)(H,64,71)(H,65,72)(H,66,78)/t37?,41?,42?,43?,44-/m0/s1. The monoisotopic (exact) mass is 1120 g/mol. The summed E-state index contributed by atoms with van der Waals surface area (Å²) >= 11 is 0. The number of hydrogen-bond acceptors (Lipinski definition) is 13. The fraction of sp³-hybridized carbons (Fsp3) is 0.690. The summed E-state index contributed by atoms with van der Waals surface area (Å²) in [6.07, 6.45) is 6.70. The van der Waals surface area contributed by atoms with Gasteiger partial charge in [0, 0.05) is 43.5 Å². The molecule has 9 amide bonds. The molecule has 0 aliphatic carbocycles. The van der Waals surface area contributed by atoms with Crippen molar-refractivity contribution in [3.63, 3.8) is 0 Å². The molecule has 80 heavy (non-hydrogen) atoms. The molecule has 8 N–H and O–H groups in total. The van der Waals surface area contributed by atoms with Crippen molar-refractivity contribution in [2.75, 3.05) is 40.8 Å². The van der Waals surface area contributed by atoms with Gasteiger partial charge < -0.3 is 61.5 Å². The van der Waals surface area contributed by atoms with Gasteiger partial charge in [0.05, 0.1) is 7.11 Å². The minimum Gasteiger partial charge on any atom is -0.497 e. The molecule has 1 aliphatic rings. The highest BCUT2D eigenvalue weighted by atomic mass is 16.5. The Morgan fingerprint density at radius 2 is 1.27 bits per heavy atom. The molecule has 0 spiro atoms. The Morgan fingerprint density at radius 3 is 1.86 bits per heavy atom. The Balaban J connectivity index is 1.74. The van der Waals surface area contributed by atoms with Gasteiger partial charge in [-0.1, -0.05) is 73.1 Å². The van der Waals surface area contributed by atoms with Gasteiger partial charge in [-0.05, 0) is 125 Å². The first-order valence-corrected chi connectivity index (χ1v) is 28.4. The number of likely N-dealkylation sites (N-methyl/N-ethyl adjacent to an activating group) is 1. The van der Waals surface area contributed by atoms with Gasteiger partial charge in [0.1, 0.15) is 57.7 Å². The minimum absolute atomic E-state index is 0.0255. The maximum Gasteiger partial charge on any atom is 0.349 e. The Kier molecular flexibility index (Phi) is 26.1. The lowest BCUT2D eigenvalue weighted by atomic mass is 9.96. The van der Waals surface area contributed by atoms with E-state index in [1.54, 1.807) is 12.1 Å². The van der Waals surface area contributed by atoms with E-state index in [1.165, 1.54) is 65.7 Å². The lowest BCUT2D eigenvalue weighted by Gasteiger charge is -2.34. The van der Waals surface area contributed by atoms with Crippen LogP contribution < -0.4 is 52.9 Å². The van der Waals surface area contributed by atoms with Crippen LogP contribution in [0.2, 0.25) is 0 Å². The predicted octanol–water partition coefficient (Wildman–Crippen LogP) is 3.96. The first kappa shape index (κ1) is 67.7. The maximum absolute atomic E-state index is 14.4. The molecule has 0 bridgehead atoms. The molecular formula is C58H94N10O12. The third-order valence-corrected chi connectivity index (χ3v) is 13.8. The number of benzene rings is 1. The molecule has 2 heterocycles. The van der Waals surface area contributed by atoms with Gasteiger partial charge in [-0.3, -0.25) is 43.2 Å². The van der Waals surface area contributed by atoms with Gasteiger partial charge in [-0.15, -0.1) is 0 Å². The van der Waals surface area contributed by atoms with Crippen LogP contribution >= 0.6 is 0 Å². The zero-order valence-electron chi connectivity index (χ0n) is 50.3. The molecule has 448 valence electrons. The van der Waals surface area contributed by atoms with Crippen LogP contribution in [0, 0.1) is 11.8 Å². The molecule has 1 aromatic carbocycles. The Labute approximate surface area is 472 Å². The second-order valence-corrected chi connectivity index (χ2v) is 24.0. The van der Waals surface area contributed by atoms with E-state index in [0.717, 1.165) is 32.1 Å². The van der Waals surface area contributed by atoms with E-state index in [1.807, 2.05) is 53.6 Å². The van der Waals surface area contributed by atoms with Crippen molar-refractivity contribution in [2.24, 2.45) is 11.8 Å². The second-order valence-electron chi connectivity index (χ2n) is 24.0. The number of likely N-dealkylation sites (tertiary alicyclic amines) is 1. The first-order chi connectivity index (χ1) is 37.3. The van der Waals surface area contributed by atoms with Crippen molar-refractivity contribution in [1.29, 1.82) is 0 Å². The molecule has 2 aromatic rings. The first-order valence-electron chi connectivity index (χ1n) is 28.4. The quantitative estimate of drug-likeness (QED) is 0.0381. The molecule has 0 radical (unpaired) electrons. The van der Waals surface area contributed by atoms with Gasteiger partial charge in [-0.2, -0.15) is 0 Å². The van der Waals surface area contributed by atoms with Crippen molar-refractivity contribution >= 4 is 64.1 Å². The van der Waals surface area contributed by atoms with Crippen molar-refractivity contribution in [2.45, 2.75) is 207 Å². The zero-order chi connectivity index (χ0) is 60.3. The largest absolute Gasteiger partial charge is 0.497 e. The molecular weight excluding hydrogens is 1030 g/mol.